The van der Waals surface area contributed by atoms with Crippen LogP contribution >= 0.6 is 0 Å². The van der Waals surface area contributed by atoms with Crippen molar-refractivity contribution in [2.75, 3.05) is 11.1 Å². The molecule has 0 saturated carbocycles. The third kappa shape index (κ3) is 2.32. The Balaban J connectivity index is 2.26. The summed E-state index contributed by atoms with van der Waals surface area (Å²) in [5, 5.41) is 6.63. The van der Waals surface area contributed by atoms with Crippen LogP contribution in [0.15, 0.2) is 24.4 Å². The summed E-state index contributed by atoms with van der Waals surface area (Å²) in [6.45, 7) is 1.73. The number of aryl methyl sites for hydroxylation is 2. The number of benzene rings is 1. The Morgan fingerprint density at radius 2 is 2.22 bits per heavy atom. The third-order valence-corrected chi connectivity index (χ3v) is 2.52. The summed E-state index contributed by atoms with van der Waals surface area (Å²) in [5.74, 6) is -0.819. The molecule has 1 heterocycles. The fraction of sp³-hybridized carbons (Fsp3) is 0.167. The zero-order chi connectivity index (χ0) is 13.3. The second-order valence-electron chi connectivity index (χ2n) is 3.99. The van der Waals surface area contributed by atoms with E-state index in [2.05, 4.69) is 10.4 Å². The molecule has 1 aromatic carbocycles. The molecule has 0 aliphatic rings. The van der Waals surface area contributed by atoms with Crippen LogP contribution in [0.1, 0.15) is 16.1 Å². The van der Waals surface area contributed by atoms with Crippen molar-refractivity contribution >= 4 is 17.3 Å². The van der Waals surface area contributed by atoms with Gasteiger partial charge in [-0.05, 0) is 25.1 Å². The molecule has 0 bridgehead atoms. The monoisotopic (exact) mass is 248 g/mol. The van der Waals surface area contributed by atoms with Gasteiger partial charge in [-0.1, -0.05) is 0 Å². The molecule has 0 spiro atoms. The first-order valence-corrected chi connectivity index (χ1v) is 5.34. The number of carbonyl (C=O) groups excluding carboxylic acids is 1. The van der Waals surface area contributed by atoms with E-state index in [-0.39, 0.29) is 11.6 Å². The molecule has 6 heteroatoms. The molecule has 0 atom stereocenters. The van der Waals surface area contributed by atoms with E-state index in [1.54, 1.807) is 24.9 Å². The molecule has 0 saturated heterocycles. The maximum atomic E-state index is 13.1. The Kier molecular flexibility index (Phi) is 3.01. The largest absolute Gasteiger partial charge is 0.397 e. The van der Waals surface area contributed by atoms with Gasteiger partial charge in [0.25, 0.3) is 5.91 Å². The van der Waals surface area contributed by atoms with Gasteiger partial charge >= 0.3 is 0 Å². The number of nitrogens with zero attached hydrogens (tertiary/aromatic N) is 2. The average molecular weight is 248 g/mol. The molecule has 0 radical (unpaired) electrons. The van der Waals surface area contributed by atoms with Crippen LogP contribution in [-0.4, -0.2) is 15.7 Å². The molecule has 0 fully saturated rings. The van der Waals surface area contributed by atoms with E-state index < -0.39 is 5.82 Å². The van der Waals surface area contributed by atoms with Crippen molar-refractivity contribution in [2.24, 2.45) is 7.05 Å². The molecule has 3 N–H and O–H groups in total. The first-order valence-electron chi connectivity index (χ1n) is 5.34. The molecule has 1 aromatic heterocycles. The van der Waals surface area contributed by atoms with Crippen LogP contribution < -0.4 is 11.1 Å². The second-order valence-corrected chi connectivity index (χ2v) is 3.99. The van der Waals surface area contributed by atoms with Crippen molar-refractivity contribution in [3.05, 3.63) is 41.5 Å². The minimum absolute atomic E-state index is 0.253. The zero-order valence-corrected chi connectivity index (χ0v) is 10.1. The number of amides is 1. The summed E-state index contributed by atoms with van der Waals surface area (Å²) in [6.07, 6.45) is 1.60. The lowest BCUT2D eigenvalue weighted by Crippen LogP contribution is -2.13. The van der Waals surface area contributed by atoms with Crippen LogP contribution in [0.3, 0.4) is 0 Å². The minimum atomic E-state index is -0.456. The normalized spacial score (nSPS) is 10.4. The van der Waals surface area contributed by atoms with Crippen molar-refractivity contribution in [1.29, 1.82) is 0 Å². The molecule has 94 valence electrons. The van der Waals surface area contributed by atoms with Crippen LogP contribution in [0.25, 0.3) is 0 Å². The van der Waals surface area contributed by atoms with E-state index in [4.69, 9.17) is 5.73 Å². The van der Waals surface area contributed by atoms with Gasteiger partial charge < -0.3 is 11.1 Å². The van der Waals surface area contributed by atoms with E-state index in [0.29, 0.717) is 16.9 Å². The van der Waals surface area contributed by atoms with Gasteiger partial charge in [-0.2, -0.15) is 5.10 Å². The Hall–Kier alpha value is -2.37. The SMILES string of the molecule is Cc1nn(C)cc1C(=O)Nc1cc(F)ccc1N. The Labute approximate surface area is 103 Å². The van der Waals surface area contributed by atoms with Gasteiger partial charge in [-0.25, -0.2) is 4.39 Å². The van der Waals surface area contributed by atoms with Crippen LogP contribution in [0.5, 0.6) is 0 Å². The highest BCUT2D eigenvalue weighted by Crippen LogP contribution is 2.20. The lowest BCUT2D eigenvalue weighted by Gasteiger charge is -2.07. The quantitative estimate of drug-likeness (QED) is 0.794. The highest BCUT2D eigenvalue weighted by Gasteiger charge is 2.14. The number of nitrogen functional groups attached to an aromatic ring is 1. The number of halogens is 1. The van der Waals surface area contributed by atoms with Gasteiger partial charge in [-0.15, -0.1) is 0 Å². The van der Waals surface area contributed by atoms with Crippen molar-refractivity contribution in [3.63, 3.8) is 0 Å². The van der Waals surface area contributed by atoms with Crippen LogP contribution in [-0.2, 0) is 7.05 Å². The number of anilines is 2. The van der Waals surface area contributed by atoms with Gasteiger partial charge in [0.1, 0.15) is 5.82 Å². The zero-order valence-electron chi connectivity index (χ0n) is 10.1. The molecule has 1 amide bonds. The first kappa shape index (κ1) is 12.1. The first-order chi connectivity index (χ1) is 8.47. The standard InChI is InChI=1S/C12H13FN4O/c1-7-9(6-17(2)16-7)12(18)15-11-5-8(13)3-4-10(11)14/h3-6H,14H2,1-2H3,(H,15,18). The van der Waals surface area contributed by atoms with Crippen molar-refractivity contribution in [2.45, 2.75) is 6.92 Å². The van der Waals surface area contributed by atoms with Gasteiger partial charge in [0.15, 0.2) is 0 Å². The third-order valence-electron chi connectivity index (χ3n) is 2.52. The van der Waals surface area contributed by atoms with E-state index in [9.17, 15) is 9.18 Å². The second kappa shape index (κ2) is 4.48. The Bertz CT molecular complexity index is 606. The predicted octanol–water partition coefficient (Wildman–Crippen LogP) is 1.70. The topological polar surface area (TPSA) is 72.9 Å². The smallest absolute Gasteiger partial charge is 0.259 e. The molecule has 0 unspecified atom stereocenters. The molecule has 5 nitrogen and oxygen atoms in total. The molecular formula is C12H13FN4O. The Morgan fingerprint density at radius 1 is 1.50 bits per heavy atom. The van der Waals surface area contributed by atoms with Crippen molar-refractivity contribution in [1.82, 2.24) is 9.78 Å². The fourth-order valence-electron chi connectivity index (χ4n) is 1.65. The van der Waals surface area contributed by atoms with Gasteiger partial charge in [0, 0.05) is 13.2 Å². The number of aromatic nitrogens is 2. The number of carbonyl (C=O) groups is 1. The highest BCUT2D eigenvalue weighted by molar-refractivity contribution is 6.06. The van der Waals surface area contributed by atoms with E-state index in [1.165, 1.54) is 18.2 Å². The molecule has 2 rings (SSSR count). The molecule has 18 heavy (non-hydrogen) atoms. The van der Waals surface area contributed by atoms with E-state index in [0.717, 1.165) is 0 Å². The number of nitrogens with one attached hydrogen (secondary N) is 1. The number of hydrogen-bond acceptors (Lipinski definition) is 3. The number of nitrogens with two attached hydrogens (primary N) is 1. The summed E-state index contributed by atoms with van der Waals surface area (Å²) >= 11 is 0. The molecular weight excluding hydrogens is 235 g/mol. The van der Waals surface area contributed by atoms with Crippen LogP contribution in [0, 0.1) is 12.7 Å². The lowest BCUT2D eigenvalue weighted by atomic mass is 10.2. The van der Waals surface area contributed by atoms with E-state index in [1.807, 2.05) is 0 Å². The summed E-state index contributed by atoms with van der Waals surface area (Å²) in [7, 11) is 1.72. The summed E-state index contributed by atoms with van der Waals surface area (Å²) < 4.78 is 14.6. The average Bonchev–Trinajstić information content (AvgIpc) is 2.63. The fourth-order valence-corrected chi connectivity index (χ4v) is 1.65. The predicted molar refractivity (Wildman–Crippen MR) is 66.7 cm³/mol. The van der Waals surface area contributed by atoms with Crippen molar-refractivity contribution < 1.29 is 9.18 Å². The minimum Gasteiger partial charge on any atom is -0.397 e. The number of rotatable bonds is 2. The molecule has 0 aliphatic heterocycles. The maximum absolute atomic E-state index is 13.1. The van der Waals surface area contributed by atoms with Crippen LogP contribution in [0.4, 0.5) is 15.8 Å². The molecule has 0 aliphatic carbocycles. The van der Waals surface area contributed by atoms with Gasteiger partial charge in [0.05, 0.1) is 22.6 Å². The summed E-state index contributed by atoms with van der Waals surface area (Å²) in [4.78, 5) is 12.0. The summed E-state index contributed by atoms with van der Waals surface area (Å²) in [6, 6.07) is 3.82. The number of hydrogen-bond donors (Lipinski definition) is 2. The molecule has 2 aromatic rings. The highest BCUT2D eigenvalue weighted by atomic mass is 19.1. The summed E-state index contributed by atoms with van der Waals surface area (Å²) in [5.41, 5.74) is 7.25. The van der Waals surface area contributed by atoms with Gasteiger partial charge in [-0.3, -0.25) is 9.48 Å². The maximum Gasteiger partial charge on any atom is 0.259 e. The van der Waals surface area contributed by atoms with Crippen LogP contribution in [0.2, 0.25) is 0 Å². The van der Waals surface area contributed by atoms with Gasteiger partial charge in [0.2, 0.25) is 0 Å². The van der Waals surface area contributed by atoms with Crippen molar-refractivity contribution in [3.8, 4) is 0 Å². The lowest BCUT2D eigenvalue weighted by molar-refractivity contribution is 0.102. The van der Waals surface area contributed by atoms with E-state index >= 15 is 0 Å². The Morgan fingerprint density at radius 3 is 2.83 bits per heavy atom.